The molecule has 0 aliphatic heterocycles. The fourth-order valence-corrected chi connectivity index (χ4v) is 6.19. The number of benzene rings is 2. The third-order valence-electron chi connectivity index (χ3n) is 4.18. The number of thiophene rings is 1. The number of H-pyrrole nitrogens is 1. The summed E-state index contributed by atoms with van der Waals surface area (Å²) in [7, 11) is -3.92. The molecule has 0 spiro atoms. The number of hydrogen-bond acceptors (Lipinski definition) is 4. The zero-order valence-corrected chi connectivity index (χ0v) is 16.5. The van der Waals surface area contributed by atoms with Crippen molar-refractivity contribution in [2.45, 2.75) is 9.10 Å². The van der Waals surface area contributed by atoms with Gasteiger partial charge in [0, 0.05) is 22.0 Å². The summed E-state index contributed by atoms with van der Waals surface area (Å²) >= 11 is 6.98. The fraction of sp³-hybridized carbons (Fsp3) is 0. The summed E-state index contributed by atoms with van der Waals surface area (Å²) in [6.07, 6.45) is 0. The number of rotatable bonds is 3. The Labute approximate surface area is 169 Å². The average Bonchev–Trinajstić information content (AvgIpc) is 3.08. The van der Waals surface area contributed by atoms with E-state index in [4.69, 9.17) is 18.2 Å². The van der Waals surface area contributed by atoms with Crippen molar-refractivity contribution in [3.05, 3.63) is 87.5 Å². The fourth-order valence-electron chi connectivity index (χ4n) is 2.89. The van der Waals surface area contributed by atoms with Gasteiger partial charge in [-0.25, -0.2) is 13.3 Å². The largest absolute Gasteiger partial charge is 0.314 e. The molecule has 2 aromatic carbocycles. The van der Waals surface area contributed by atoms with E-state index in [1.165, 1.54) is 24.3 Å². The van der Waals surface area contributed by atoms with Gasteiger partial charge in [0.25, 0.3) is 0 Å². The lowest BCUT2D eigenvalue weighted by molar-refractivity contribution is 0.598. The van der Waals surface area contributed by atoms with Gasteiger partial charge < -0.3 is 4.98 Å². The van der Waals surface area contributed by atoms with Crippen molar-refractivity contribution >= 4 is 48.7 Å². The smallest absolute Gasteiger partial charge is 0.249 e. The molecular formula is C20H11ClN2O3S2. The maximum absolute atomic E-state index is 13.4. The van der Waals surface area contributed by atoms with Crippen LogP contribution in [0.2, 0.25) is 5.02 Å². The summed E-state index contributed by atoms with van der Waals surface area (Å²) in [5.41, 5.74) is 1.10. The Balaban J connectivity index is 2.06. The Hall–Kier alpha value is -2.92. The molecule has 0 radical (unpaired) electrons. The monoisotopic (exact) mass is 426 g/mol. The van der Waals surface area contributed by atoms with Gasteiger partial charge >= 0.3 is 0 Å². The minimum absolute atomic E-state index is 0.0325. The SMILES string of the molecule is [C-]#[N+]c1cccc(S(=O)(=O)c2sc3[nH]c(=O)ccc3c2-c2ccc(Cl)cc2)c1. The number of pyridine rings is 1. The van der Waals surface area contributed by atoms with Gasteiger partial charge in [0.05, 0.1) is 11.5 Å². The molecule has 4 rings (SSSR count). The van der Waals surface area contributed by atoms with Crippen LogP contribution < -0.4 is 5.56 Å². The van der Waals surface area contributed by atoms with Gasteiger partial charge in [-0.2, -0.15) is 0 Å². The van der Waals surface area contributed by atoms with Crippen LogP contribution in [0.15, 0.2) is 74.6 Å². The van der Waals surface area contributed by atoms with Crippen LogP contribution in [0.1, 0.15) is 0 Å². The highest BCUT2D eigenvalue weighted by Crippen LogP contribution is 2.43. The van der Waals surface area contributed by atoms with Crippen LogP contribution in [-0.4, -0.2) is 13.4 Å². The first-order valence-electron chi connectivity index (χ1n) is 8.04. The molecule has 0 unspecified atom stereocenters. The molecule has 0 aliphatic rings. The van der Waals surface area contributed by atoms with Crippen molar-refractivity contribution in [3.8, 4) is 11.1 Å². The number of nitrogens with one attached hydrogen (secondary N) is 1. The molecule has 0 amide bonds. The lowest BCUT2D eigenvalue weighted by Crippen LogP contribution is -2.01. The van der Waals surface area contributed by atoms with Crippen LogP contribution in [-0.2, 0) is 9.84 Å². The Kier molecular flexibility index (Phi) is 4.55. The topological polar surface area (TPSA) is 71.4 Å². The summed E-state index contributed by atoms with van der Waals surface area (Å²) in [5, 5.41) is 1.16. The number of aromatic amines is 1. The normalized spacial score (nSPS) is 11.4. The van der Waals surface area contributed by atoms with Crippen molar-refractivity contribution in [2.24, 2.45) is 0 Å². The van der Waals surface area contributed by atoms with Gasteiger partial charge in [0.2, 0.25) is 15.4 Å². The standard InChI is InChI=1S/C20H11ClN2O3S2/c1-22-14-3-2-4-15(11-14)28(25,26)20-18(12-5-7-13(21)8-6-12)16-9-10-17(24)23-19(16)27-20/h2-11H,(H,23,24). The third kappa shape index (κ3) is 3.12. The number of sulfone groups is 1. The lowest BCUT2D eigenvalue weighted by atomic mass is 10.1. The molecule has 2 heterocycles. The van der Waals surface area contributed by atoms with E-state index in [-0.39, 0.29) is 20.4 Å². The average molecular weight is 427 g/mol. The van der Waals surface area contributed by atoms with E-state index in [2.05, 4.69) is 9.83 Å². The highest BCUT2D eigenvalue weighted by Gasteiger charge is 2.27. The van der Waals surface area contributed by atoms with Crippen LogP contribution in [0, 0.1) is 6.57 Å². The summed E-state index contributed by atoms with van der Waals surface area (Å²) in [5.74, 6) is 0. The second-order valence-electron chi connectivity index (χ2n) is 5.95. The predicted octanol–water partition coefficient (Wildman–Crippen LogP) is 5.29. The summed E-state index contributed by atoms with van der Waals surface area (Å²) < 4.78 is 26.9. The Bertz CT molecular complexity index is 1410. The molecular weight excluding hydrogens is 416 g/mol. The number of hydrogen-bond donors (Lipinski definition) is 1. The number of fused-ring (bicyclic) bond motifs is 1. The molecule has 5 nitrogen and oxygen atoms in total. The van der Waals surface area contributed by atoms with E-state index < -0.39 is 9.84 Å². The summed E-state index contributed by atoms with van der Waals surface area (Å²) in [6.45, 7) is 7.14. The highest BCUT2D eigenvalue weighted by atomic mass is 35.5. The maximum Gasteiger partial charge on any atom is 0.249 e. The predicted molar refractivity (Wildman–Crippen MR) is 111 cm³/mol. The molecule has 8 heteroatoms. The zero-order chi connectivity index (χ0) is 19.9. The number of nitrogens with zero attached hydrogens (tertiary/aromatic N) is 1. The molecule has 0 atom stereocenters. The molecule has 2 aromatic heterocycles. The van der Waals surface area contributed by atoms with Gasteiger partial charge in [-0.15, -0.1) is 11.3 Å². The Morgan fingerprint density at radius 3 is 2.50 bits per heavy atom. The van der Waals surface area contributed by atoms with Crippen LogP contribution in [0.5, 0.6) is 0 Å². The number of aromatic nitrogens is 1. The van der Waals surface area contributed by atoms with E-state index in [0.29, 0.717) is 26.4 Å². The minimum atomic E-state index is -3.92. The first-order valence-corrected chi connectivity index (χ1v) is 10.7. The Morgan fingerprint density at radius 1 is 1.04 bits per heavy atom. The van der Waals surface area contributed by atoms with Crippen molar-refractivity contribution in [1.82, 2.24) is 4.98 Å². The van der Waals surface area contributed by atoms with Crippen LogP contribution in [0.4, 0.5) is 5.69 Å². The summed E-state index contributed by atoms with van der Waals surface area (Å²) in [6, 6.07) is 15.7. The van der Waals surface area contributed by atoms with Gasteiger partial charge in [-0.3, -0.25) is 4.79 Å². The van der Waals surface area contributed by atoms with Gasteiger partial charge in [0.15, 0.2) is 5.69 Å². The van der Waals surface area contributed by atoms with Crippen LogP contribution in [0.25, 0.3) is 26.2 Å². The van der Waals surface area contributed by atoms with Crippen molar-refractivity contribution in [1.29, 1.82) is 0 Å². The maximum atomic E-state index is 13.4. The van der Waals surface area contributed by atoms with E-state index in [0.717, 1.165) is 11.3 Å². The summed E-state index contributed by atoms with van der Waals surface area (Å²) in [4.78, 5) is 18.3. The number of halogens is 1. The second-order valence-corrected chi connectivity index (χ2v) is 9.55. The van der Waals surface area contributed by atoms with E-state index in [1.54, 1.807) is 36.4 Å². The highest BCUT2D eigenvalue weighted by molar-refractivity contribution is 7.93. The molecule has 0 saturated heterocycles. The van der Waals surface area contributed by atoms with Crippen molar-refractivity contribution in [3.63, 3.8) is 0 Å². The first kappa shape index (κ1) is 18.4. The van der Waals surface area contributed by atoms with Crippen molar-refractivity contribution in [2.75, 3.05) is 0 Å². The molecule has 0 bridgehead atoms. The van der Waals surface area contributed by atoms with Crippen LogP contribution >= 0.6 is 22.9 Å². The molecule has 28 heavy (non-hydrogen) atoms. The molecule has 138 valence electrons. The molecule has 4 aromatic rings. The zero-order valence-electron chi connectivity index (χ0n) is 14.1. The Morgan fingerprint density at radius 2 is 1.79 bits per heavy atom. The van der Waals surface area contributed by atoms with Crippen LogP contribution in [0.3, 0.4) is 0 Å². The van der Waals surface area contributed by atoms with E-state index in [1.807, 2.05) is 0 Å². The van der Waals surface area contributed by atoms with Gasteiger partial charge in [-0.05, 0) is 35.9 Å². The first-order chi connectivity index (χ1) is 13.4. The molecule has 0 aliphatic carbocycles. The van der Waals surface area contributed by atoms with Crippen molar-refractivity contribution < 1.29 is 8.42 Å². The third-order valence-corrected chi connectivity index (χ3v) is 7.83. The molecule has 0 saturated carbocycles. The molecule has 0 fully saturated rings. The van der Waals surface area contributed by atoms with E-state index >= 15 is 0 Å². The van der Waals surface area contributed by atoms with Gasteiger partial charge in [-0.1, -0.05) is 35.9 Å². The minimum Gasteiger partial charge on any atom is -0.314 e. The second kappa shape index (κ2) is 6.91. The van der Waals surface area contributed by atoms with Gasteiger partial charge in [0.1, 0.15) is 9.04 Å². The molecule has 1 N–H and O–H groups in total. The quantitative estimate of drug-likeness (QED) is 0.452. The van der Waals surface area contributed by atoms with E-state index in [9.17, 15) is 13.2 Å². The lowest BCUT2D eigenvalue weighted by Gasteiger charge is -2.07.